The number of rotatable bonds is 7. The number of hydrogen-bond acceptors (Lipinski definition) is 6. The summed E-state index contributed by atoms with van der Waals surface area (Å²) in [5, 5.41) is 11.6. The molecule has 0 aliphatic carbocycles. The Balaban J connectivity index is 1.51. The maximum atomic E-state index is 12.4. The lowest BCUT2D eigenvalue weighted by atomic mass is 10.2. The zero-order chi connectivity index (χ0) is 21.6. The van der Waals surface area contributed by atoms with Crippen molar-refractivity contribution in [3.63, 3.8) is 0 Å². The van der Waals surface area contributed by atoms with E-state index in [1.165, 1.54) is 11.8 Å². The molecule has 2 amide bonds. The van der Waals surface area contributed by atoms with Gasteiger partial charge < -0.3 is 4.57 Å². The number of aryl methyl sites for hydroxylation is 1. The van der Waals surface area contributed by atoms with Crippen molar-refractivity contribution in [2.45, 2.75) is 11.7 Å². The summed E-state index contributed by atoms with van der Waals surface area (Å²) in [5.41, 5.74) is 2.34. The third-order valence-corrected chi connectivity index (χ3v) is 5.55. The third kappa shape index (κ3) is 4.89. The number of nitrogens with one attached hydrogen (secondary N) is 1. The highest BCUT2D eigenvalue weighted by atomic mass is 32.2. The molecule has 0 fully saturated rings. The van der Waals surface area contributed by atoms with E-state index in [2.05, 4.69) is 20.5 Å². The van der Waals surface area contributed by atoms with Crippen LogP contribution >= 0.6 is 11.8 Å². The Morgan fingerprint density at radius 1 is 1.03 bits per heavy atom. The largest absolute Gasteiger partial charge is 0.347 e. The Morgan fingerprint density at radius 3 is 2.58 bits per heavy atom. The van der Waals surface area contributed by atoms with E-state index in [4.69, 9.17) is 0 Å². The molecule has 1 N–H and O–H groups in total. The van der Waals surface area contributed by atoms with Gasteiger partial charge in [-0.2, -0.15) is 0 Å². The first kappa shape index (κ1) is 20.5. The molecule has 0 bridgehead atoms. The normalized spacial score (nSPS) is 10.7. The fraction of sp³-hybridized carbons (Fsp3) is 0.136. The minimum Gasteiger partial charge on any atom is -0.347 e. The van der Waals surface area contributed by atoms with Crippen LogP contribution in [0.1, 0.15) is 16.1 Å². The van der Waals surface area contributed by atoms with Crippen molar-refractivity contribution in [3.05, 3.63) is 84.4 Å². The van der Waals surface area contributed by atoms with Gasteiger partial charge in [-0.1, -0.05) is 42.1 Å². The van der Waals surface area contributed by atoms with Gasteiger partial charge in [0.1, 0.15) is 5.69 Å². The van der Waals surface area contributed by atoms with Crippen molar-refractivity contribution in [1.29, 1.82) is 0 Å². The van der Waals surface area contributed by atoms with E-state index >= 15 is 0 Å². The minimum atomic E-state index is -0.431. The van der Waals surface area contributed by atoms with Crippen LogP contribution in [0.25, 0.3) is 11.4 Å². The second kappa shape index (κ2) is 9.40. The number of hydrogen-bond donors (Lipinski definition) is 1. The lowest BCUT2D eigenvalue weighted by molar-refractivity contribution is -0.117. The second-order valence-corrected chi connectivity index (χ2v) is 7.73. The molecular formula is C22H20N6O2S. The Kier molecular flexibility index (Phi) is 6.23. The molecule has 8 nitrogen and oxygen atoms in total. The molecule has 0 saturated heterocycles. The van der Waals surface area contributed by atoms with Gasteiger partial charge in [-0.25, -0.2) is 0 Å². The number of carbonyl (C=O) groups is 2. The Morgan fingerprint density at radius 2 is 1.87 bits per heavy atom. The Bertz CT molecular complexity index is 1190. The summed E-state index contributed by atoms with van der Waals surface area (Å²) in [6, 6.07) is 17.1. The molecule has 31 heavy (non-hydrogen) atoms. The highest BCUT2D eigenvalue weighted by Crippen LogP contribution is 2.24. The fourth-order valence-corrected chi connectivity index (χ4v) is 3.80. The van der Waals surface area contributed by atoms with Gasteiger partial charge in [0.15, 0.2) is 11.0 Å². The molecule has 3 aromatic heterocycles. The van der Waals surface area contributed by atoms with Crippen LogP contribution in [0.4, 0.5) is 0 Å². The molecule has 0 spiro atoms. The van der Waals surface area contributed by atoms with Gasteiger partial charge in [-0.15, -0.1) is 10.2 Å². The number of imide groups is 1. The monoisotopic (exact) mass is 432 g/mol. The van der Waals surface area contributed by atoms with Crippen LogP contribution in [0.15, 0.2) is 78.3 Å². The molecule has 3 heterocycles. The first-order chi connectivity index (χ1) is 15.1. The average molecular weight is 433 g/mol. The van der Waals surface area contributed by atoms with Crippen LogP contribution < -0.4 is 5.32 Å². The predicted octanol–water partition coefficient (Wildman–Crippen LogP) is 2.78. The number of thioether (sulfide) groups is 1. The standard InChI is InChI=1S/C22H20N6O2S/c1-27-12-6-10-18(27)21(30)24-19(29)15-31-22-26-25-20(17-9-5-11-23-13-17)28(22)14-16-7-3-2-4-8-16/h2-13H,14-15H2,1H3,(H,24,29,30). The quantitative estimate of drug-likeness (QED) is 0.451. The van der Waals surface area contributed by atoms with E-state index in [0.717, 1.165) is 11.1 Å². The molecule has 0 aliphatic heterocycles. The summed E-state index contributed by atoms with van der Waals surface area (Å²) in [5.74, 6) is -0.121. The molecule has 9 heteroatoms. The average Bonchev–Trinajstić information content (AvgIpc) is 3.39. The van der Waals surface area contributed by atoms with Crippen molar-refractivity contribution in [3.8, 4) is 11.4 Å². The van der Waals surface area contributed by atoms with E-state index in [0.29, 0.717) is 23.2 Å². The number of amides is 2. The summed E-state index contributed by atoms with van der Waals surface area (Å²) in [7, 11) is 1.75. The second-order valence-electron chi connectivity index (χ2n) is 6.79. The summed E-state index contributed by atoms with van der Waals surface area (Å²) < 4.78 is 3.61. The number of pyridine rings is 1. The van der Waals surface area contributed by atoms with Gasteiger partial charge in [0.2, 0.25) is 5.91 Å². The first-order valence-electron chi connectivity index (χ1n) is 9.57. The van der Waals surface area contributed by atoms with Gasteiger partial charge in [0.25, 0.3) is 5.91 Å². The van der Waals surface area contributed by atoms with E-state index in [-0.39, 0.29) is 5.75 Å². The fourth-order valence-electron chi connectivity index (χ4n) is 3.07. The van der Waals surface area contributed by atoms with E-state index in [1.807, 2.05) is 47.0 Å². The molecule has 4 aromatic rings. The number of benzene rings is 1. The first-order valence-corrected chi connectivity index (χ1v) is 10.6. The molecule has 0 unspecified atom stereocenters. The number of aromatic nitrogens is 5. The van der Waals surface area contributed by atoms with Crippen molar-refractivity contribution < 1.29 is 9.59 Å². The summed E-state index contributed by atoms with van der Waals surface area (Å²) >= 11 is 1.23. The SMILES string of the molecule is Cn1cccc1C(=O)NC(=O)CSc1nnc(-c2cccnc2)n1Cc1ccccc1. The lowest BCUT2D eigenvalue weighted by Crippen LogP contribution is -2.33. The molecular weight excluding hydrogens is 412 g/mol. The van der Waals surface area contributed by atoms with Gasteiger partial charge in [-0.05, 0) is 29.8 Å². The van der Waals surface area contributed by atoms with Gasteiger partial charge in [0.05, 0.1) is 12.3 Å². The van der Waals surface area contributed by atoms with Crippen molar-refractivity contribution >= 4 is 23.6 Å². The Labute approximate surface area is 183 Å². The van der Waals surface area contributed by atoms with Crippen LogP contribution in [0, 0.1) is 0 Å². The molecule has 0 radical (unpaired) electrons. The van der Waals surface area contributed by atoms with Crippen LogP contribution in [-0.4, -0.2) is 41.9 Å². The van der Waals surface area contributed by atoms with E-state index in [9.17, 15) is 9.59 Å². The smallest absolute Gasteiger partial charge is 0.274 e. The Hall–Kier alpha value is -3.72. The minimum absolute atomic E-state index is 0.0378. The maximum Gasteiger partial charge on any atom is 0.274 e. The van der Waals surface area contributed by atoms with E-state index in [1.54, 1.807) is 42.3 Å². The number of carbonyl (C=O) groups excluding carboxylic acids is 2. The predicted molar refractivity (Wildman–Crippen MR) is 117 cm³/mol. The van der Waals surface area contributed by atoms with Gasteiger partial charge in [-0.3, -0.25) is 24.5 Å². The van der Waals surface area contributed by atoms with Crippen LogP contribution in [0.5, 0.6) is 0 Å². The highest BCUT2D eigenvalue weighted by Gasteiger charge is 2.18. The van der Waals surface area contributed by atoms with Crippen molar-refractivity contribution in [1.82, 2.24) is 29.6 Å². The molecule has 0 atom stereocenters. The molecule has 156 valence electrons. The zero-order valence-electron chi connectivity index (χ0n) is 16.8. The van der Waals surface area contributed by atoms with Gasteiger partial charge in [0, 0.05) is 31.2 Å². The summed E-state index contributed by atoms with van der Waals surface area (Å²) in [6.07, 6.45) is 5.18. The lowest BCUT2D eigenvalue weighted by Gasteiger charge is -2.10. The zero-order valence-corrected chi connectivity index (χ0v) is 17.6. The van der Waals surface area contributed by atoms with Gasteiger partial charge >= 0.3 is 0 Å². The summed E-state index contributed by atoms with van der Waals surface area (Å²) in [4.78, 5) is 28.8. The van der Waals surface area contributed by atoms with Crippen LogP contribution in [-0.2, 0) is 18.4 Å². The topological polar surface area (TPSA) is 94.7 Å². The molecule has 0 saturated carbocycles. The molecule has 4 rings (SSSR count). The van der Waals surface area contributed by atoms with Crippen LogP contribution in [0.3, 0.4) is 0 Å². The third-order valence-electron chi connectivity index (χ3n) is 4.58. The maximum absolute atomic E-state index is 12.4. The summed E-state index contributed by atoms with van der Waals surface area (Å²) in [6.45, 7) is 0.546. The molecule has 1 aromatic carbocycles. The molecule has 0 aliphatic rings. The van der Waals surface area contributed by atoms with Crippen LogP contribution in [0.2, 0.25) is 0 Å². The number of nitrogens with zero attached hydrogens (tertiary/aromatic N) is 5. The highest BCUT2D eigenvalue weighted by molar-refractivity contribution is 7.99. The van der Waals surface area contributed by atoms with E-state index < -0.39 is 11.8 Å². The van der Waals surface area contributed by atoms with Crippen molar-refractivity contribution in [2.75, 3.05) is 5.75 Å². The van der Waals surface area contributed by atoms with Crippen molar-refractivity contribution in [2.24, 2.45) is 7.05 Å².